The van der Waals surface area contributed by atoms with Crippen LogP contribution in [0.25, 0.3) is 20.4 Å². The molecule has 2 aliphatic rings. The fourth-order valence-electron chi connectivity index (χ4n) is 4.39. The molecule has 130 valence electrons. The summed E-state index contributed by atoms with van der Waals surface area (Å²) in [5.41, 5.74) is 6.76. The second kappa shape index (κ2) is 6.07. The van der Waals surface area contributed by atoms with Gasteiger partial charge in [0.25, 0.3) is 5.82 Å². The average molecular weight is 355 g/mol. The van der Waals surface area contributed by atoms with E-state index in [4.69, 9.17) is 5.84 Å². The summed E-state index contributed by atoms with van der Waals surface area (Å²) in [7, 11) is 0. The van der Waals surface area contributed by atoms with Crippen molar-refractivity contribution in [3.05, 3.63) is 17.5 Å². The Morgan fingerprint density at radius 3 is 2.64 bits per heavy atom. The number of aryl methyl sites for hydroxylation is 1. The summed E-state index contributed by atoms with van der Waals surface area (Å²) in [6, 6.07) is 0. The van der Waals surface area contributed by atoms with Crippen LogP contribution < -0.4 is 21.2 Å². The molecule has 0 amide bonds. The molecule has 25 heavy (non-hydrogen) atoms. The lowest BCUT2D eigenvalue weighted by atomic mass is 9.89. The molecule has 1 aliphatic carbocycles. The van der Waals surface area contributed by atoms with Crippen molar-refractivity contribution >= 4 is 43.4 Å². The normalized spacial score (nSPS) is 17.9. The van der Waals surface area contributed by atoms with Crippen LogP contribution in [0.2, 0.25) is 0 Å². The third-order valence-corrected chi connectivity index (χ3v) is 6.67. The van der Waals surface area contributed by atoms with E-state index in [0.29, 0.717) is 5.82 Å². The smallest absolute Gasteiger partial charge is 0.278 e. The predicted octanol–water partition coefficient (Wildman–Crippen LogP) is 2.81. The highest BCUT2D eigenvalue weighted by Crippen LogP contribution is 2.40. The predicted molar refractivity (Wildman–Crippen MR) is 102 cm³/mol. The summed E-state index contributed by atoms with van der Waals surface area (Å²) in [5.74, 6) is 7.73. The zero-order valence-corrected chi connectivity index (χ0v) is 15.1. The van der Waals surface area contributed by atoms with Crippen LogP contribution in [-0.4, -0.2) is 23.1 Å². The minimum Gasteiger partial charge on any atom is -0.307 e. The minimum absolute atomic E-state index is 0.712. The Hall–Kier alpha value is -1.99. The highest BCUT2D eigenvalue weighted by atomic mass is 32.1. The van der Waals surface area contributed by atoms with E-state index in [-0.39, 0.29) is 0 Å². The van der Waals surface area contributed by atoms with Crippen molar-refractivity contribution in [2.24, 2.45) is 5.84 Å². The van der Waals surface area contributed by atoms with E-state index in [9.17, 15) is 0 Å². The molecule has 3 aromatic rings. The Labute approximate surface area is 150 Å². The van der Waals surface area contributed by atoms with E-state index in [1.54, 1.807) is 17.7 Å². The SMILES string of the molecule is NNc1ncnc2c1sc1[nH+]c(N3CCCCC3)c3c(c12)CCCC3. The molecule has 0 spiro atoms. The standard InChI is InChI=1S/C18H22N6S/c19-23-16-15-14(20-10-21-16)13-11-6-2-3-7-12(11)17(22-18(13)25-15)24-8-4-1-5-9-24/h10H,1-9,19H2,(H,20,21,23)/p+1. The number of aromatic nitrogens is 3. The Kier molecular flexibility index (Phi) is 3.71. The van der Waals surface area contributed by atoms with E-state index in [1.807, 2.05) is 0 Å². The first-order valence-electron chi connectivity index (χ1n) is 9.22. The maximum atomic E-state index is 5.67. The van der Waals surface area contributed by atoms with Crippen LogP contribution >= 0.6 is 11.3 Å². The molecule has 0 radical (unpaired) electrons. The molecule has 4 N–H and O–H groups in total. The molecule has 0 bridgehead atoms. The molecule has 1 fully saturated rings. The van der Waals surface area contributed by atoms with Gasteiger partial charge in [0, 0.05) is 5.56 Å². The maximum Gasteiger partial charge on any atom is 0.278 e. The molecule has 1 aliphatic heterocycles. The van der Waals surface area contributed by atoms with Crippen molar-refractivity contribution in [2.75, 3.05) is 23.4 Å². The van der Waals surface area contributed by atoms with Crippen molar-refractivity contribution in [1.82, 2.24) is 9.97 Å². The number of hydrogen-bond donors (Lipinski definition) is 2. The molecule has 5 rings (SSSR count). The summed E-state index contributed by atoms with van der Waals surface area (Å²) in [6.45, 7) is 2.32. The number of fused-ring (bicyclic) bond motifs is 5. The Bertz CT molecular complexity index is 944. The van der Waals surface area contributed by atoms with Crippen molar-refractivity contribution < 1.29 is 4.98 Å². The van der Waals surface area contributed by atoms with Gasteiger partial charge in [-0.1, -0.05) is 11.3 Å². The lowest BCUT2D eigenvalue weighted by Gasteiger charge is -2.25. The van der Waals surface area contributed by atoms with E-state index in [2.05, 4.69) is 25.3 Å². The van der Waals surface area contributed by atoms with Gasteiger partial charge in [-0.2, -0.15) is 0 Å². The van der Waals surface area contributed by atoms with Crippen molar-refractivity contribution in [3.63, 3.8) is 0 Å². The summed E-state index contributed by atoms with van der Waals surface area (Å²) >= 11 is 1.71. The third kappa shape index (κ3) is 2.37. The number of nitrogens with two attached hydrogens (primary N) is 1. The van der Waals surface area contributed by atoms with Gasteiger partial charge >= 0.3 is 0 Å². The molecule has 1 saturated heterocycles. The molecule has 0 atom stereocenters. The number of hydrazine groups is 1. The van der Waals surface area contributed by atoms with Gasteiger partial charge in [0.2, 0.25) is 0 Å². The molecular weight excluding hydrogens is 332 g/mol. The zero-order chi connectivity index (χ0) is 16.8. The number of nitrogen functional groups attached to an aromatic ring is 1. The molecule has 4 heterocycles. The van der Waals surface area contributed by atoms with Crippen LogP contribution in [0.5, 0.6) is 0 Å². The number of rotatable bonds is 2. The molecule has 6 nitrogen and oxygen atoms in total. The van der Waals surface area contributed by atoms with Crippen molar-refractivity contribution in [3.8, 4) is 0 Å². The van der Waals surface area contributed by atoms with Crippen molar-refractivity contribution in [1.29, 1.82) is 0 Å². The van der Waals surface area contributed by atoms with Gasteiger partial charge < -0.3 is 5.43 Å². The minimum atomic E-state index is 0.712. The monoisotopic (exact) mass is 355 g/mol. The van der Waals surface area contributed by atoms with Gasteiger partial charge in [-0.3, -0.25) is 4.90 Å². The van der Waals surface area contributed by atoms with Gasteiger partial charge in [0.15, 0.2) is 10.6 Å². The van der Waals surface area contributed by atoms with Crippen molar-refractivity contribution in [2.45, 2.75) is 44.9 Å². The summed E-state index contributed by atoms with van der Waals surface area (Å²) in [6.07, 6.45) is 10.4. The van der Waals surface area contributed by atoms with Gasteiger partial charge in [-0.25, -0.2) is 20.8 Å². The highest BCUT2D eigenvalue weighted by Gasteiger charge is 2.30. The highest BCUT2D eigenvalue weighted by molar-refractivity contribution is 7.25. The molecule has 0 unspecified atom stereocenters. The number of anilines is 2. The van der Waals surface area contributed by atoms with Crippen LogP contribution in [0.3, 0.4) is 0 Å². The van der Waals surface area contributed by atoms with Gasteiger partial charge in [0.05, 0.1) is 24.0 Å². The number of piperidine rings is 1. The molecule has 7 heteroatoms. The molecule has 0 aromatic carbocycles. The number of aromatic amines is 1. The Balaban J connectivity index is 1.80. The van der Waals surface area contributed by atoms with E-state index >= 15 is 0 Å². The van der Waals surface area contributed by atoms with E-state index in [1.165, 1.54) is 59.3 Å². The third-order valence-electron chi connectivity index (χ3n) is 5.57. The lowest BCUT2D eigenvalue weighted by Crippen LogP contribution is -2.36. The fraction of sp³-hybridized carbons (Fsp3) is 0.500. The van der Waals surface area contributed by atoms with Gasteiger partial charge in [-0.15, -0.1) is 0 Å². The van der Waals surface area contributed by atoms with E-state index in [0.717, 1.165) is 36.1 Å². The maximum absolute atomic E-state index is 5.67. The average Bonchev–Trinajstić information content (AvgIpc) is 3.07. The number of nitrogens with zero attached hydrogens (tertiary/aromatic N) is 3. The summed E-state index contributed by atoms with van der Waals surface area (Å²) < 4.78 is 1.04. The van der Waals surface area contributed by atoms with Crippen LogP contribution in [0.1, 0.15) is 43.2 Å². The first-order valence-corrected chi connectivity index (χ1v) is 10.0. The first-order chi connectivity index (χ1) is 12.4. The van der Waals surface area contributed by atoms with Gasteiger partial charge in [-0.05, 0) is 50.5 Å². The largest absolute Gasteiger partial charge is 0.307 e. The van der Waals surface area contributed by atoms with Crippen LogP contribution in [-0.2, 0) is 12.8 Å². The first kappa shape index (κ1) is 15.3. The van der Waals surface area contributed by atoms with Crippen LogP contribution in [0, 0.1) is 0 Å². The number of nitrogens with one attached hydrogen (secondary N) is 2. The lowest BCUT2D eigenvalue weighted by molar-refractivity contribution is -0.328. The number of pyridine rings is 1. The zero-order valence-electron chi connectivity index (χ0n) is 14.3. The van der Waals surface area contributed by atoms with Crippen LogP contribution in [0.15, 0.2) is 6.33 Å². The Morgan fingerprint density at radius 1 is 1.04 bits per heavy atom. The second-order valence-corrected chi connectivity index (χ2v) is 8.06. The fourth-order valence-corrected chi connectivity index (χ4v) is 5.53. The number of thiophene rings is 1. The van der Waals surface area contributed by atoms with Gasteiger partial charge in [0.1, 0.15) is 11.0 Å². The summed E-state index contributed by atoms with van der Waals surface area (Å²) in [5, 5.41) is 1.29. The van der Waals surface area contributed by atoms with E-state index < -0.39 is 0 Å². The number of hydrogen-bond acceptors (Lipinski definition) is 6. The van der Waals surface area contributed by atoms with Crippen LogP contribution in [0.4, 0.5) is 11.6 Å². The Morgan fingerprint density at radius 2 is 1.84 bits per heavy atom. The number of H-pyrrole nitrogens is 1. The second-order valence-electron chi connectivity index (χ2n) is 7.04. The molecule has 3 aromatic heterocycles. The molecule has 0 saturated carbocycles. The topological polar surface area (TPSA) is 81.2 Å². The quantitative estimate of drug-likeness (QED) is 0.546. The summed E-state index contributed by atoms with van der Waals surface area (Å²) in [4.78, 5) is 16.4. The molecular formula is C18H23N6S+.